The number of rotatable bonds is 7. The van der Waals surface area contributed by atoms with Crippen LogP contribution in [0.3, 0.4) is 0 Å². The van der Waals surface area contributed by atoms with Gasteiger partial charge in [0.15, 0.2) is 11.5 Å². The number of ether oxygens (including phenoxy) is 2. The molecule has 1 fully saturated rings. The molecule has 0 radical (unpaired) electrons. The minimum Gasteiger partial charge on any atom is -0.493 e. The minimum absolute atomic E-state index is 0.0288. The molecular weight excluding hydrogens is 510 g/mol. The molecule has 2 heterocycles. The fraction of sp³-hybridized carbons (Fsp3) is 0.355. The molecule has 0 spiro atoms. The Labute approximate surface area is 234 Å². The molecule has 2 atom stereocenters. The molecule has 0 bridgehead atoms. The summed E-state index contributed by atoms with van der Waals surface area (Å²) in [6.07, 6.45) is 2.03. The van der Waals surface area contributed by atoms with Gasteiger partial charge in [0.05, 0.1) is 26.2 Å². The van der Waals surface area contributed by atoms with E-state index in [1.807, 2.05) is 47.6 Å². The number of hydrogen-bond donors (Lipinski definition) is 0. The predicted molar refractivity (Wildman–Crippen MR) is 154 cm³/mol. The largest absolute Gasteiger partial charge is 0.493 e. The zero-order chi connectivity index (χ0) is 27.5. The van der Waals surface area contributed by atoms with Crippen LogP contribution in [0.5, 0.6) is 11.5 Å². The molecule has 2 aliphatic rings. The van der Waals surface area contributed by atoms with E-state index >= 15 is 0 Å². The molecule has 3 aromatic rings. The Morgan fingerprint density at radius 3 is 2.18 bits per heavy atom. The summed E-state index contributed by atoms with van der Waals surface area (Å²) >= 11 is 1.66. The molecule has 0 N–H and O–H groups in total. The van der Waals surface area contributed by atoms with Crippen molar-refractivity contribution in [3.05, 3.63) is 89.0 Å². The van der Waals surface area contributed by atoms with Crippen LogP contribution in [-0.2, 0) is 11.3 Å². The highest BCUT2D eigenvalue weighted by molar-refractivity contribution is 7.98. The number of amides is 2. The Balaban J connectivity index is 1.49. The SMILES string of the molecule is COc1cc2c(cc1OC)[C@H](C(=O)N1CCN(Cc3ccccc3)CC1)[C@@H](c1ccc(SC)cc1)N(C)C2=O. The second-order valence-electron chi connectivity index (χ2n) is 9.99. The fourth-order valence-corrected chi connectivity index (χ4v) is 6.11. The molecular formula is C31H35N3O4S. The molecule has 0 aliphatic carbocycles. The number of thioether (sulfide) groups is 1. The van der Waals surface area contributed by atoms with Crippen LogP contribution in [0, 0.1) is 0 Å². The van der Waals surface area contributed by atoms with Crippen molar-refractivity contribution in [2.45, 2.75) is 23.4 Å². The first-order chi connectivity index (χ1) is 18.9. The van der Waals surface area contributed by atoms with E-state index in [1.165, 1.54) is 5.56 Å². The van der Waals surface area contributed by atoms with Crippen molar-refractivity contribution >= 4 is 23.6 Å². The molecule has 2 aliphatic heterocycles. The lowest BCUT2D eigenvalue weighted by molar-refractivity contribution is -0.136. The highest BCUT2D eigenvalue weighted by Crippen LogP contribution is 2.46. The third-order valence-electron chi connectivity index (χ3n) is 7.83. The van der Waals surface area contributed by atoms with Crippen molar-refractivity contribution in [3.8, 4) is 11.5 Å². The van der Waals surface area contributed by atoms with E-state index in [1.54, 1.807) is 44.0 Å². The Bertz CT molecular complexity index is 1320. The molecule has 5 rings (SSSR count). The summed E-state index contributed by atoms with van der Waals surface area (Å²) in [6.45, 7) is 3.75. The van der Waals surface area contributed by atoms with Gasteiger partial charge in [-0.05, 0) is 47.2 Å². The van der Waals surface area contributed by atoms with Crippen LogP contribution >= 0.6 is 11.8 Å². The number of benzene rings is 3. The topological polar surface area (TPSA) is 62.3 Å². The van der Waals surface area contributed by atoms with Crippen LogP contribution in [0.4, 0.5) is 0 Å². The van der Waals surface area contributed by atoms with Crippen molar-refractivity contribution in [1.29, 1.82) is 0 Å². The molecule has 0 aromatic heterocycles. The maximum absolute atomic E-state index is 14.4. The summed E-state index contributed by atoms with van der Waals surface area (Å²) in [5.74, 6) is 0.308. The zero-order valence-electron chi connectivity index (χ0n) is 22.9. The van der Waals surface area contributed by atoms with Gasteiger partial charge in [-0.15, -0.1) is 11.8 Å². The molecule has 0 saturated carbocycles. The summed E-state index contributed by atoms with van der Waals surface area (Å²) in [5, 5.41) is 0. The summed E-state index contributed by atoms with van der Waals surface area (Å²) in [5.41, 5.74) is 3.37. The maximum Gasteiger partial charge on any atom is 0.254 e. The standard InChI is InChI=1S/C31H35N3O4S/c1-32-29(22-10-12-23(39-4)13-11-22)28(24-18-26(37-2)27(38-3)19-25(24)30(32)35)31(36)34-16-14-33(15-17-34)20-21-8-6-5-7-9-21/h5-13,18-19,28-29H,14-17,20H2,1-4H3/t28-,29+/m0/s1. The van der Waals surface area contributed by atoms with Crippen molar-refractivity contribution in [2.24, 2.45) is 0 Å². The van der Waals surface area contributed by atoms with Gasteiger partial charge in [-0.2, -0.15) is 0 Å². The van der Waals surface area contributed by atoms with Crippen molar-refractivity contribution in [1.82, 2.24) is 14.7 Å². The second kappa shape index (κ2) is 11.7. The van der Waals surface area contributed by atoms with Crippen LogP contribution < -0.4 is 9.47 Å². The Morgan fingerprint density at radius 1 is 0.923 bits per heavy atom. The lowest BCUT2D eigenvalue weighted by Crippen LogP contribution is -2.52. The third-order valence-corrected chi connectivity index (χ3v) is 8.57. The number of fused-ring (bicyclic) bond motifs is 1. The Kier molecular flexibility index (Phi) is 8.14. The third kappa shape index (κ3) is 5.36. The van der Waals surface area contributed by atoms with Crippen LogP contribution in [0.1, 0.15) is 39.0 Å². The van der Waals surface area contributed by atoms with Crippen molar-refractivity contribution < 1.29 is 19.1 Å². The first kappa shape index (κ1) is 27.1. The van der Waals surface area contributed by atoms with E-state index in [-0.39, 0.29) is 11.8 Å². The maximum atomic E-state index is 14.4. The normalized spacial score (nSPS) is 19.5. The first-order valence-electron chi connectivity index (χ1n) is 13.2. The van der Waals surface area contributed by atoms with Gasteiger partial charge in [0.2, 0.25) is 5.91 Å². The number of nitrogens with zero attached hydrogens (tertiary/aromatic N) is 3. The lowest BCUT2D eigenvalue weighted by atomic mass is 9.78. The van der Waals surface area contributed by atoms with Crippen LogP contribution in [-0.4, -0.2) is 80.2 Å². The summed E-state index contributed by atoms with van der Waals surface area (Å²) in [7, 11) is 4.91. The average Bonchev–Trinajstić information content (AvgIpc) is 2.99. The summed E-state index contributed by atoms with van der Waals surface area (Å²) in [4.78, 5) is 35.2. The smallest absolute Gasteiger partial charge is 0.254 e. The van der Waals surface area contributed by atoms with E-state index in [9.17, 15) is 9.59 Å². The molecule has 1 saturated heterocycles. The first-order valence-corrected chi connectivity index (χ1v) is 14.4. The van der Waals surface area contributed by atoms with Crippen LogP contribution in [0.2, 0.25) is 0 Å². The Hall–Kier alpha value is -3.49. The number of methoxy groups -OCH3 is 2. The van der Waals surface area contributed by atoms with Crippen LogP contribution in [0.25, 0.3) is 0 Å². The van der Waals surface area contributed by atoms with E-state index < -0.39 is 12.0 Å². The highest BCUT2D eigenvalue weighted by Gasteiger charge is 2.45. The monoisotopic (exact) mass is 545 g/mol. The molecule has 0 unspecified atom stereocenters. The van der Waals surface area contributed by atoms with Gasteiger partial charge in [0, 0.05) is 50.2 Å². The molecule has 39 heavy (non-hydrogen) atoms. The number of carbonyl (C=O) groups is 2. The van der Waals surface area contributed by atoms with Crippen molar-refractivity contribution in [2.75, 3.05) is 53.7 Å². The van der Waals surface area contributed by atoms with E-state index in [0.29, 0.717) is 35.7 Å². The lowest BCUT2D eigenvalue weighted by Gasteiger charge is -2.43. The van der Waals surface area contributed by atoms with Gasteiger partial charge < -0.3 is 19.3 Å². The minimum atomic E-state index is -0.566. The van der Waals surface area contributed by atoms with E-state index in [0.717, 1.165) is 30.1 Å². The van der Waals surface area contributed by atoms with E-state index in [4.69, 9.17) is 9.47 Å². The van der Waals surface area contributed by atoms with Gasteiger partial charge in [-0.1, -0.05) is 42.5 Å². The van der Waals surface area contributed by atoms with Gasteiger partial charge in [-0.25, -0.2) is 0 Å². The van der Waals surface area contributed by atoms with E-state index in [2.05, 4.69) is 29.2 Å². The zero-order valence-corrected chi connectivity index (χ0v) is 23.7. The fourth-order valence-electron chi connectivity index (χ4n) is 5.70. The molecule has 7 nitrogen and oxygen atoms in total. The van der Waals surface area contributed by atoms with Crippen molar-refractivity contribution in [3.63, 3.8) is 0 Å². The molecule has 3 aromatic carbocycles. The predicted octanol–water partition coefficient (Wildman–Crippen LogP) is 4.68. The Morgan fingerprint density at radius 2 is 1.56 bits per heavy atom. The van der Waals surface area contributed by atoms with Crippen LogP contribution in [0.15, 0.2) is 71.6 Å². The van der Waals surface area contributed by atoms with Gasteiger partial charge in [0.25, 0.3) is 5.91 Å². The highest BCUT2D eigenvalue weighted by atomic mass is 32.2. The van der Waals surface area contributed by atoms with Gasteiger partial charge in [-0.3, -0.25) is 14.5 Å². The van der Waals surface area contributed by atoms with Gasteiger partial charge in [0.1, 0.15) is 0 Å². The molecule has 2 amide bonds. The number of carbonyl (C=O) groups excluding carboxylic acids is 2. The number of hydrogen-bond acceptors (Lipinski definition) is 6. The molecule has 8 heteroatoms. The summed E-state index contributed by atoms with van der Waals surface area (Å²) < 4.78 is 11.1. The quantitative estimate of drug-likeness (QED) is 0.402. The molecule has 204 valence electrons. The second-order valence-corrected chi connectivity index (χ2v) is 10.9. The number of piperazine rings is 1. The van der Waals surface area contributed by atoms with Gasteiger partial charge >= 0.3 is 0 Å². The summed E-state index contributed by atoms with van der Waals surface area (Å²) in [6, 6.07) is 21.7. The average molecular weight is 546 g/mol. The number of likely N-dealkylation sites (N-methyl/N-ethyl adjacent to an activating group) is 1.